The molecule has 1 fully saturated rings. The van der Waals surface area contributed by atoms with Gasteiger partial charge in [-0.2, -0.15) is 0 Å². The van der Waals surface area contributed by atoms with Gasteiger partial charge in [0.2, 0.25) is 5.91 Å². The van der Waals surface area contributed by atoms with Crippen molar-refractivity contribution in [3.05, 3.63) is 39.9 Å². The quantitative estimate of drug-likeness (QED) is 0.228. The number of nitro benzene ring substituents is 1. The first-order valence-corrected chi connectivity index (χ1v) is 8.10. The van der Waals surface area contributed by atoms with Gasteiger partial charge in [0.1, 0.15) is 18.8 Å². The maximum atomic E-state index is 12.2. The first kappa shape index (κ1) is 19.5. The first-order chi connectivity index (χ1) is 12.2. The molecule has 1 aliphatic rings. The summed E-state index contributed by atoms with van der Waals surface area (Å²) >= 11 is 0. The monoisotopic (exact) mass is 364 g/mol. The standard InChI is InChI=1S/C17H20N2O7/c1-9(16-15(10(2)20)17(23)18-16)13(21)7-14(22)26-8-11-3-5-12(6-4-11)19(24)25/h3-6,9-10,15-16,20H,7-8H2,1-2H3,(H,18,23)/t9-,10?,15?,16?/m0/s1. The Labute approximate surface area is 149 Å². The van der Waals surface area contributed by atoms with Crippen LogP contribution in [0, 0.1) is 22.0 Å². The Kier molecular flexibility index (Phi) is 6.04. The molecule has 0 bridgehead atoms. The molecule has 2 N–H and O–H groups in total. The lowest BCUT2D eigenvalue weighted by molar-refractivity contribution is -0.384. The van der Waals surface area contributed by atoms with E-state index in [-0.39, 0.29) is 18.2 Å². The van der Waals surface area contributed by atoms with Gasteiger partial charge in [-0.05, 0) is 24.6 Å². The van der Waals surface area contributed by atoms with Crippen molar-refractivity contribution in [2.45, 2.75) is 39.0 Å². The Morgan fingerprint density at radius 1 is 1.31 bits per heavy atom. The Morgan fingerprint density at radius 2 is 1.92 bits per heavy atom. The van der Waals surface area contributed by atoms with E-state index in [9.17, 15) is 29.6 Å². The first-order valence-electron chi connectivity index (χ1n) is 8.10. The van der Waals surface area contributed by atoms with Gasteiger partial charge in [0.05, 0.1) is 23.0 Å². The molecule has 2 rings (SSSR count). The number of carbonyl (C=O) groups is 3. The number of esters is 1. The fourth-order valence-corrected chi connectivity index (χ4v) is 2.80. The molecule has 0 radical (unpaired) electrons. The number of hydrogen-bond donors (Lipinski definition) is 2. The predicted molar refractivity (Wildman–Crippen MR) is 88.8 cm³/mol. The number of ketones is 1. The van der Waals surface area contributed by atoms with Crippen LogP contribution in [0.25, 0.3) is 0 Å². The summed E-state index contributed by atoms with van der Waals surface area (Å²) in [5, 5.41) is 22.7. The van der Waals surface area contributed by atoms with E-state index >= 15 is 0 Å². The highest BCUT2D eigenvalue weighted by atomic mass is 16.6. The molecule has 1 saturated heterocycles. The highest BCUT2D eigenvalue weighted by molar-refractivity contribution is 5.98. The van der Waals surface area contributed by atoms with E-state index in [2.05, 4.69) is 5.32 Å². The van der Waals surface area contributed by atoms with Crippen LogP contribution in [0.4, 0.5) is 5.69 Å². The van der Waals surface area contributed by atoms with Crippen molar-refractivity contribution in [3.63, 3.8) is 0 Å². The van der Waals surface area contributed by atoms with Gasteiger partial charge in [-0.3, -0.25) is 24.5 Å². The number of amides is 1. The molecule has 26 heavy (non-hydrogen) atoms. The second-order valence-corrected chi connectivity index (χ2v) is 6.32. The van der Waals surface area contributed by atoms with E-state index in [1.165, 1.54) is 31.2 Å². The Bertz CT molecular complexity index is 714. The van der Waals surface area contributed by atoms with E-state index in [4.69, 9.17) is 4.74 Å². The van der Waals surface area contributed by atoms with Crippen molar-refractivity contribution in [1.82, 2.24) is 5.32 Å². The number of hydrogen-bond acceptors (Lipinski definition) is 7. The number of rotatable bonds is 8. The van der Waals surface area contributed by atoms with Crippen molar-refractivity contribution in [3.8, 4) is 0 Å². The van der Waals surface area contributed by atoms with E-state index in [0.717, 1.165) is 0 Å². The normalized spacial score (nSPS) is 21.1. The Balaban J connectivity index is 1.82. The van der Waals surface area contributed by atoms with Gasteiger partial charge in [-0.25, -0.2) is 0 Å². The minimum atomic E-state index is -0.877. The minimum Gasteiger partial charge on any atom is -0.460 e. The number of Topliss-reactive ketones (excluding diaryl/α,β-unsaturated/α-hetero) is 1. The number of nitrogens with one attached hydrogen (secondary N) is 1. The second kappa shape index (κ2) is 8.05. The molecule has 0 aliphatic carbocycles. The number of β-lactam (4-membered cyclic amide) rings is 1. The van der Waals surface area contributed by atoms with Crippen molar-refractivity contribution in [1.29, 1.82) is 0 Å². The van der Waals surface area contributed by atoms with Crippen LogP contribution in [0.2, 0.25) is 0 Å². The molecule has 1 amide bonds. The summed E-state index contributed by atoms with van der Waals surface area (Å²) in [5.74, 6) is -2.72. The number of benzene rings is 1. The van der Waals surface area contributed by atoms with Gasteiger partial charge >= 0.3 is 5.97 Å². The van der Waals surface area contributed by atoms with Crippen molar-refractivity contribution in [2.24, 2.45) is 11.8 Å². The van der Waals surface area contributed by atoms with E-state index < -0.39 is 47.1 Å². The average molecular weight is 364 g/mol. The van der Waals surface area contributed by atoms with Crippen LogP contribution in [-0.2, 0) is 25.7 Å². The molecule has 3 unspecified atom stereocenters. The number of non-ortho nitro benzene ring substituents is 1. The summed E-state index contributed by atoms with van der Waals surface area (Å²) in [6, 6.07) is 5.02. The third kappa shape index (κ3) is 4.42. The largest absolute Gasteiger partial charge is 0.460 e. The zero-order valence-electron chi connectivity index (χ0n) is 14.4. The predicted octanol–water partition coefficient (Wildman–Crippen LogP) is 0.729. The third-order valence-corrected chi connectivity index (χ3v) is 4.43. The van der Waals surface area contributed by atoms with Crippen LogP contribution in [-0.4, -0.2) is 39.8 Å². The zero-order valence-corrected chi connectivity index (χ0v) is 14.4. The lowest BCUT2D eigenvalue weighted by Gasteiger charge is -2.41. The lowest BCUT2D eigenvalue weighted by Crippen LogP contribution is -2.65. The summed E-state index contributed by atoms with van der Waals surface area (Å²) in [7, 11) is 0. The van der Waals surface area contributed by atoms with Gasteiger partial charge in [0.15, 0.2) is 0 Å². The number of aliphatic hydroxyl groups is 1. The lowest BCUT2D eigenvalue weighted by atomic mass is 9.77. The summed E-state index contributed by atoms with van der Waals surface area (Å²) in [5.41, 5.74) is 0.490. The number of nitrogens with zero attached hydrogens (tertiary/aromatic N) is 1. The van der Waals surface area contributed by atoms with E-state index in [1.54, 1.807) is 6.92 Å². The van der Waals surface area contributed by atoms with Crippen molar-refractivity contribution in [2.75, 3.05) is 0 Å². The Hall–Kier alpha value is -2.81. The van der Waals surface area contributed by atoms with Crippen LogP contribution in [0.3, 0.4) is 0 Å². The van der Waals surface area contributed by atoms with E-state index in [1.807, 2.05) is 0 Å². The number of nitro groups is 1. The summed E-state index contributed by atoms with van der Waals surface area (Å²) in [6.45, 7) is 2.96. The van der Waals surface area contributed by atoms with Gasteiger partial charge in [-0.1, -0.05) is 6.92 Å². The average Bonchev–Trinajstić information content (AvgIpc) is 2.56. The van der Waals surface area contributed by atoms with Gasteiger partial charge in [0.25, 0.3) is 5.69 Å². The van der Waals surface area contributed by atoms with Crippen LogP contribution in [0.15, 0.2) is 24.3 Å². The fraction of sp³-hybridized carbons (Fsp3) is 0.471. The molecular formula is C17H20N2O7. The van der Waals surface area contributed by atoms with E-state index in [0.29, 0.717) is 5.56 Å². The second-order valence-electron chi connectivity index (χ2n) is 6.32. The summed E-state index contributed by atoms with van der Waals surface area (Å²) < 4.78 is 5.01. The topological polar surface area (TPSA) is 136 Å². The highest BCUT2D eigenvalue weighted by Crippen LogP contribution is 2.26. The SMILES string of the molecule is CC(O)C1C(=O)NC1[C@@H](C)C(=O)CC(=O)OCc1ccc([N+](=O)[O-])cc1. The van der Waals surface area contributed by atoms with Gasteiger partial charge in [0, 0.05) is 18.1 Å². The van der Waals surface area contributed by atoms with Gasteiger partial charge < -0.3 is 15.2 Å². The van der Waals surface area contributed by atoms with Crippen molar-refractivity contribution >= 4 is 23.3 Å². The fourth-order valence-electron chi connectivity index (χ4n) is 2.80. The number of ether oxygens (including phenoxy) is 1. The molecule has 140 valence electrons. The van der Waals surface area contributed by atoms with Gasteiger partial charge in [-0.15, -0.1) is 0 Å². The zero-order chi connectivity index (χ0) is 19.4. The smallest absolute Gasteiger partial charge is 0.313 e. The molecule has 1 aromatic rings. The molecular weight excluding hydrogens is 344 g/mol. The molecule has 1 aliphatic heterocycles. The summed E-state index contributed by atoms with van der Waals surface area (Å²) in [6.07, 6.45) is -1.33. The highest BCUT2D eigenvalue weighted by Gasteiger charge is 2.47. The molecule has 9 heteroatoms. The van der Waals surface area contributed by atoms with Crippen LogP contribution < -0.4 is 5.32 Å². The molecule has 1 aromatic carbocycles. The third-order valence-electron chi connectivity index (χ3n) is 4.43. The van der Waals surface area contributed by atoms with Crippen LogP contribution in [0.1, 0.15) is 25.8 Å². The molecule has 4 atom stereocenters. The summed E-state index contributed by atoms with van der Waals surface area (Å²) in [4.78, 5) is 45.5. The van der Waals surface area contributed by atoms with Crippen LogP contribution >= 0.6 is 0 Å². The molecule has 0 spiro atoms. The molecule has 9 nitrogen and oxygen atoms in total. The van der Waals surface area contributed by atoms with Crippen LogP contribution in [0.5, 0.6) is 0 Å². The number of aliphatic hydroxyl groups excluding tert-OH is 1. The molecule has 0 aromatic heterocycles. The minimum absolute atomic E-state index is 0.0701. The van der Waals surface area contributed by atoms with Crippen molar-refractivity contribution < 1.29 is 29.2 Å². The Morgan fingerprint density at radius 3 is 2.42 bits per heavy atom. The molecule has 0 saturated carbocycles. The number of carbonyl (C=O) groups excluding carboxylic acids is 3. The maximum Gasteiger partial charge on any atom is 0.313 e. The maximum absolute atomic E-state index is 12.2. The molecule has 1 heterocycles.